The molecule has 2 aromatic carbocycles. The Kier molecular flexibility index (Phi) is 7.44. The largest absolute Gasteiger partial charge is 0.396 e. The summed E-state index contributed by atoms with van der Waals surface area (Å²) < 4.78 is 24.7. The minimum Gasteiger partial charge on any atom is -0.396 e. The number of rotatable bonds is 9. The molecule has 0 aliphatic heterocycles. The summed E-state index contributed by atoms with van der Waals surface area (Å²) in [5, 5.41) is 19.7. The smallest absolute Gasteiger partial charge is 0.178 e. The summed E-state index contributed by atoms with van der Waals surface area (Å²) in [5.74, 6) is 0.0374. The van der Waals surface area contributed by atoms with Gasteiger partial charge in [0, 0.05) is 11.6 Å². The lowest BCUT2D eigenvalue weighted by atomic mass is 9.96. The Bertz CT molecular complexity index is 772. The van der Waals surface area contributed by atoms with Gasteiger partial charge >= 0.3 is 0 Å². The highest BCUT2D eigenvalue weighted by Crippen LogP contribution is 2.24. The van der Waals surface area contributed by atoms with Gasteiger partial charge in [-0.05, 0) is 61.1 Å². The first kappa shape index (κ1) is 19.9. The van der Waals surface area contributed by atoms with Gasteiger partial charge in [-0.25, -0.2) is 8.42 Å². The van der Waals surface area contributed by atoms with E-state index in [2.05, 4.69) is 0 Å². The van der Waals surface area contributed by atoms with E-state index in [0.29, 0.717) is 30.7 Å². The zero-order valence-corrected chi connectivity index (χ0v) is 15.5. The SMILES string of the molecule is O=S(=O)(CCCc1ccccc1C(O)CCCO)c1ccc(Cl)cc1. The van der Waals surface area contributed by atoms with Gasteiger partial charge < -0.3 is 10.2 Å². The van der Waals surface area contributed by atoms with Gasteiger partial charge in [0.2, 0.25) is 0 Å². The molecule has 0 saturated carbocycles. The number of aliphatic hydroxyl groups is 2. The lowest BCUT2D eigenvalue weighted by Gasteiger charge is -2.15. The molecule has 0 bridgehead atoms. The van der Waals surface area contributed by atoms with Gasteiger partial charge in [0.15, 0.2) is 9.84 Å². The van der Waals surface area contributed by atoms with Crippen molar-refractivity contribution in [1.29, 1.82) is 0 Å². The molecule has 0 spiro atoms. The number of benzene rings is 2. The van der Waals surface area contributed by atoms with Gasteiger partial charge in [-0.15, -0.1) is 0 Å². The van der Waals surface area contributed by atoms with E-state index in [0.717, 1.165) is 11.1 Å². The van der Waals surface area contributed by atoms with Crippen LogP contribution in [0.2, 0.25) is 5.02 Å². The van der Waals surface area contributed by atoms with Crippen LogP contribution in [0.15, 0.2) is 53.4 Å². The molecule has 6 heteroatoms. The van der Waals surface area contributed by atoms with E-state index >= 15 is 0 Å². The summed E-state index contributed by atoms with van der Waals surface area (Å²) in [4.78, 5) is 0.271. The van der Waals surface area contributed by atoms with Crippen LogP contribution >= 0.6 is 11.6 Å². The number of hydrogen-bond donors (Lipinski definition) is 2. The Labute approximate surface area is 154 Å². The first-order chi connectivity index (χ1) is 11.9. The number of hydrogen-bond acceptors (Lipinski definition) is 4. The average Bonchev–Trinajstić information content (AvgIpc) is 2.60. The van der Waals surface area contributed by atoms with Gasteiger partial charge in [-0.1, -0.05) is 35.9 Å². The molecule has 0 aliphatic rings. The maximum atomic E-state index is 12.4. The molecule has 0 radical (unpaired) electrons. The third-order valence-electron chi connectivity index (χ3n) is 4.08. The van der Waals surface area contributed by atoms with Gasteiger partial charge in [-0.3, -0.25) is 0 Å². The van der Waals surface area contributed by atoms with Crippen LogP contribution in [0.25, 0.3) is 0 Å². The van der Waals surface area contributed by atoms with Crippen LogP contribution in [0.1, 0.15) is 36.5 Å². The predicted molar refractivity (Wildman–Crippen MR) is 99.5 cm³/mol. The van der Waals surface area contributed by atoms with Crippen molar-refractivity contribution in [3.05, 3.63) is 64.7 Å². The van der Waals surface area contributed by atoms with Crippen molar-refractivity contribution >= 4 is 21.4 Å². The van der Waals surface area contributed by atoms with Crippen molar-refractivity contribution < 1.29 is 18.6 Å². The van der Waals surface area contributed by atoms with Crippen LogP contribution in [0.4, 0.5) is 0 Å². The van der Waals surface area contributed by atoms with E-state index in [1.807, 2.05) is 24.3 Å². The number of aliphatic hydroxyl groups excluding tert-OH is 2. The topological polar surface area (TPSA) is 74.6 Å². The molecule has 4 nitrogen and oxygen atoms in total. The molecule has 0 saturated heterocycles. The maximum Gasteiger partial charge on any atom is 0.178 e. The normalized spacial score (nSPS) is 12.9. The van der Waals surface area contributed by atoms with Crippen molar-refractivity contribution in [2.24, 2.45) is 0 Å². The van der Waals surface area contributed by atoms with Crippen LogP contribution in [-0.2, 0) is 16.3 Å². The summed E-state index contributed by atoms with van der Waals surface area (Å²) in [7, 11) is -3.35. The molecule has 0 amide bonds. The Balaban J connectivity index is 2.01. The third-order valence-corrected chi connectivity index (χ3v) is 6.15. The molecular weight excluding hydrogens is 360 g/mol. The third kappa shape index (κ3) is 5.82. The second-order valence-corrected chi connectivity index (χ2v) is 8.50. The van der Waals surface area contributed by atoms with Crippen molar-refractivity contribution in [2.45, 2.75) is 36.7 Å². The lowest BCUT2D eigenvalue weighted by molar-refractivity contribution is 0.151. The van der Waals surface area contributed by atoms with Crippen molar-refractivity contribution in [1.82, 2.24) is 0 Å². The zero-order valence-electron chi connectivity index (χ0n) is 13.9. The summed E-state index contributed by atoms with van der Waals surface area (Å²) in [5.41, 5.74) is 1.75. The minimum atomic E-state index is -3.35. The second-order valence-electron chi connectivity index (χ2n) is 5.96. The summed E-state index contributed by atoms with van der Waals surface area (Å²) >= 11 is 5.80. The highest BCUT2D eigenvalue weighted by Gasteiger charge is 2.16. The van der Waals surface area contributed by atoms with E-state index in [4.69, 9.17) is 16.7 Å². The highest BCUT2D eigenvalue weighted by atomic mass is 35.5. The molecule has 1 atom stereocenters. The highest BCUT2D eigenvalue weighted by molar-refractivity contribution is 7.91. The van der Waals surface area contributed by atoms with Crippen LogP contribution < -0.4 is 0 Å². The number of aryl methyl sites for hydroxylation is 1. The fraction of sp³-hybridized carbons (Fsp3) is 0.368. The number of halogens is 1. The number of sulfone groups is 1. The fourth-order valence-electron chi connectivity index (χ4n) is 2.74. The van der Waals surface area contributed by atoms with Gasteiger partial charge in [-0.2, -0.15) is 0 Å². The average molecular weight is 383 g/mol. The molecule has 0 fully saturated rings. The maximum absolute atomic E-state index is 12.4. The molecule has 1 unspecified atom stereocenters. The van der Waals surface area contributed by atoms with Crippen LogP contribution in [0.5, 0.6) is 0 Å². The van der Waals surface area contributed by atoms with Gasteiger partial charge in [0.25, 0.3) is 0 Å². The molecule has 2 rings (SSSR count). The van der Waals surface area contributed by atoms with E-state index in [1.54, 1.807) is 12.1 Å². The Morgan fingerprint density at radius 2 is 1.68 bits per heavy atom. The standard InChI is InChI=1S/C19H23ClO4S/c20-16-9-11-17(12-10-16)25(23,24)14-4-6-15-5-1-2-7-18(15)19(22)8-3-13-21/h1-2,5,7,9-12,19,21-22H,3-4,6,8,13-14H2. The Hall–Kier alpha value is -1.40. The predicted octanol–water partition coefficient (Wildman–Crippen LogP) is 3.55. The summed E-state index contributed by atoms with van der Waals surface area (Å²) in [6, 6.07) is 13.7. The first-order valence-electron chi connectivity index (χ1n) is 8.29. The lowest BCUT2D eigenvalue weighted by Crippen LogP contribution is -2.09. The van der Waals surface area contributed by atoms with E-state index in [9.17, 15) is 13.5 Å². The summed E-state index contributed by atoms with van der Waals surface area (Å²) in [6.07, 6.45) is 1.40. The van der Waals surface area contributed by atoms with Gasteiger partial charge in [0.05, 0.1) is 16.8 Å². The van der Waals surface area contributed by atoms with E-state index in [1.165, 1.54) is 12.1 Å². The summed E-state index contributed by atoms with van der Waals surface area (Å²) in [6.45, 7) is 0.0402. The molecule has 25 heavy (non-hydrogen) atoms. The monoisotopic (exact) mass is 382 g/mol. The van der Waals surface area contributed by atoms with Crippen LogP contribution in [0, 0.1) is 0 Å². The molecule has 0 heterocycles. The molecule has 2 aromatic rings. The molecule has 2 N–H and O–H groups in total. The van der Waals surface area contributed by atoms with Crippen molar-refractivity contribution in [2.75, 3.05) is 12.4 Å². The minimum absolute atomic E-state index is 0.0374. The molecular formula is C19H23ClO4S. The van der Waals surface area contributed by atoms with E-state index in [-0.39, 0.29) is 17.3 Å². The van der Waals surface area contributed by atoms with Crippen LogP contribution in [-0.4, -0.2) is 31.0 Å². The van der Waals surface area contributed by atoms with Crippen LogP contribution in [0.3, 0.4) is 0 Å². The Morgan fingerprint density at radius 1 is 1.00 bits per heavy atom. The van der Waals surface area contributed by atoms with Crippen molar-refractivity contribution in [3.63, 3.8) is 0 Å². The second kappa shape index (κ2) is 9.34. The zero-order chi connectivity index (χ0) is 18.3. The first-order valence-corrected chi connectivity index (χ1v) is 10.3. The fourth-order valence-corrected chi connectivity index (χ4v) is 4.18. The Morgan fingerprint density at radius 3 is 2.36 bits per heavy atom. The molecule has 0 aliphatic carbocycles. The quantitative estimate of drug-likeness (QED) is 0.695. The molecule has 136 valence electrons. The van der Waals surface area contributed by atoms with Gasteiger partial charge in [0.1, 0.15) is 0 Å². The van der Waals surface area contributed by atoms with E-state index < -0.39 is 15.9 Å². The molecule has 0 aromatic heterocycles. The van der Waals surface area contributed by atoms with Crippen molar-refractivity contribution in [3.8, 4) is 0 Å².